The van der Waals surface area contributed by atoms with Crippen LogP contribution in [-0.2, 0) is 6.42 Å². The van der Waals surface area contributed by atoms with Crippen molar-refractivity contribution in [1.82, 2.24) is 9.97 Å². The van der Waals surface area contributed by atoms with Gasteiger partial charge in [0.15, 0.2) is 0 Å². The highest BCUT2D eigenvalue weighted by molar-refractivity contribution is 6.01. The fraction of sp³-hybridized carbons (Fsp3) is 0.0833. The summed E-state index contributed by atoms with van der Waals surface area (Å²) in [4.78, 5) is 7.93. The van der Waals surface area contributed by atoms with E-state index in [1.807, 2.05) is 30.3 Å². The van der Waals surface area contributed by atoms with Crippen LogP contribution >= 0.6 is 0 Å². The van der Waals surface area contributed by atoms with Crippen molar-refractivity contribution in [3.63, 3.8) is 0 Å². The van der Waals surface area contributed by atoms with Gasteiger partial charge in [0.05, 0.1) is 5.71 Å². The first-order valence-electron chi connectivity index (χ1n) is 4.91. The number of nitrogens with zero attached hydrogens (tertiary/aromatic N) is 3. The largest absolute Gasteiger partial charge is 0.411 e. The monoisotopic (exact) mass is 213 g/mol. The first-order chi connectivity index (χ1) is 7.90. The maximum Gasteiger partial charge on any atom is 0.115 e. The van der Waals surface area contributed by atoms with E-state index >= 15 is 0 Å². The summed E-state index contributed by atoms with van der Waals surface area (Å²) in [5.74, 6) is 0. The standard InChI is InChI=1S/C12H11N3O/c16-15-12(10-4-2-1-3-5-10)8-11-6-7-13-9-14-11/h1-7,9,16H,8H2/b15-12+. The number of oxime groups is 1. The molecule has 80 valence electrons. The van der Waals surface area contributed by atoms with Crippen LogP contribution < -0.4 is 0 Å². The molecular formula is C12H11N3O. The van der Waals surface area contributed by atoms with Crippen LogP contribution in [0.4, 0.5) is 0 Å². The van der Waals surface area contributed by atoms with Crippen molar-refractivity contribution < 1.29 is 5.21 Å². The lowest BCUT2D eigenvalue weighted by molar-refractivity contribution is 0.318. The third-order valence-electron chi connectivity index (χ3n) is 2.22. The summed E-state index contributed by atoms with van der Waals surface area (Å²) >= 11 is 0. The molecule has 1 aromatic heterocycles. The Balaban J connectivity index is 2.20. The lowest BCUT2D eigenvalue weighted by atomic mass is 10.1. The van der Waals surface area contributed by atoms with Crippen LogP contribution in [0.2, 0.25) is 0 Å². The third kappa shape index (κ3) is 2.42. The van der Waals surface area contributed by atoms with Crippen molar-refractivity contribution >= 4 is 5.71 Å². The molecule has 0 atom stereocenters. The lowest BCUT2D eigenvalue weighted by Crippen LogP contribution is -2.06. The predicted molar refractivity (Wildman–Crippen MR) is 60.5 cm³/mol. The molecule has 1 N–H and O–H groups in total. The van der Waals surface area contributed by atoms with Crippen molar-refractivity contribution in [1.29, 1.82) is 0 Å². The molecule has 0 amide bonds. The van der Waals surface area contributed by atoms with Gasteiger partial charge in [-0.1, -0.05) is 35.5 Å². The second-order valence-electron chi connectivity index (χ2n) is 3.29. The molecular weight excluding hydrogens is 202 g/mol. The van der Waals surface area contributed by atoms with E-state index in [0.717, 1.165) is 11.3 Å². The molecule has 0 fully saturated rings. The van der Waals surface area contributed by atoms with Gasteiger partial charge in [0, 0.05) is 18.3 Å². The van der Waals surface area contributed by atoms with Crippen molar-refractivity contribution in [3.8, 4) is 0 Å². The highest BCUT2D eigenvalue weighted by Crippen LogP contribution is 2.05. The second kappa shape index (κ2) is 5.02. The Bertz CT molecular complexity index is 468. The topological polar surface area (TPSA) is 58.4 Å². The molecule has 0 unspecified atom stereocenters. The molecule has 4 heteroatoms. The van der Waals surface area contributed by atoms with Gasteiger partial charge in [-0.15, -0.1) is 0 Å². The summed E-state index contributed by atoms with van der Waals surface area (Å²) < 4.78 is 0. The van der Waals surface area contributed by atoms with Gasteiger partial charge in [0.2, 0.25) is 0 Å². The van der Waals surface area contributed by atoms with Crippen LogP contribution in [0.1, 0.15) is 11.3 Å². The number of benzene rings is 1. The average Bonchev–Trinajstić information content (AvgIpc) is 2.38. The van der Waals surface area contributed by atoms with Gasteiger partial charge in [0.1, 0.15) is 6.33 Å². The molecule has 0 radical (unpaired) electrons. The Hall–Kier alpha value is -2.23. The van der Waals surface area contributed by atoms with E-state index in [0.29, 0.717) is 12.1 Å². The molecule has 0 bridgehead atoms. The van der Waals surface area contributed by atoms with E-state index in [1.165, 1.54) is 6.33 Å². The minimum atomic E-state index is 0.489. The molecule has 1 heterocycles. The first kappa shape index (κ1) is 10.3. The van der Waals surface area contributed by atoms with Crippen LogP contribution in [0.15, 0.2) is 54.1 Å². The highest BCUT2D eigenvalue weighted by atomic mass is 16.4. The van der Waals surface area contributed by atoms with Crippen molar-refractivity contribution in [2.75, 3.05) is 0 Å². The summed E-state index contributed by atoms with van der Waals surface area (Å²) in [6.45, 7) is 0. The molecule has 2 aromatic rings. The Morgan fingerprint density at radius 2 is 2.00 bits per heavy atom. The van der Waals surface area contributed by atoms with Crippen molar-refractivity contribution in [2.45, 2.75) is 6.42 Å². The summed E-state index contributed by atoms with van der Waals surface area (Å²) in [6, 6.07) is 11.3. The summed E-state index contributed by atoms with van der Waals surface area (Å²) in [5, 5.41) is 12.3. The zero-order chi connectivity index (χ0) is 11.2. The summed E-state index contributed by atoms with van der Waals surface area (Å²) in [7, 11) is 0. The van der Waals surface area contributed by atoms with Crippen LogP contribution in [0.3, 0.4) is 0 Å². The minimum absolute atomic E-state index is 0.489. The Kier molecular flexibility index (Phi) is 3.23. The fourth-order valence-corrected chi connectivity index (χ4v) is 1.42. The summed E-state index contributed by atoms with van der Waals surface area (Å²) in [6.07, 6.45) is 3.64. The van der Waals surface area contributed by atoms with E-state index in [1.54, 1.807) is 12.3 Å². The van der Waals surface area contributed by atoms with Gasteiger partial charge in [-0.05, 0) is 11.6 Å². The maximum absolute atomic E-state index is 8.99. The molecule has 4 nitrogen and oxygen atoms in total. The van der Waals surface area contributed by atoms with Gasteiger partial charge in [-0.25, -0.2) is 9.97 Å². The zero-order valence-corrected chi connectivity index (χ0v) is 8.61. The molecule has 16 heavy (non-hydrogen) atoms. The van der Waals surface area contributed by atoms with E-state index in [2.05, 4.69) is 15.1 Å². The van der Waals surface area contributed by atoms with Crippen LogP contribution in [0.25, 0.3) is 0 Å². The molecule has 0 spiro atoms. The number of rotatable bonds is 3. The Morgan fingerprint density at radius 1 is 1.19 bits per heavy atom. The normalized spacial score (nSPS) is 11.4. The molecule has 0 aliphatic carbocycles. The molecule has 0 aliphatic rings. The number of hydrogen-bond acceptors (Lipinski definition) is 4. The van der Waals surface area contributed by atoms with Gasteiger partial charge >= 0.3 is 0 Å². The Morgan fingerprint density at radius 3 is 2.62 bits per heavy atom. The van der Waals surface area contributed by atoms with E-state index in [9.17, 15) is 0 Å². The van der Waals surface area contributed by atoms with E-state index in [-0.39, 0.29) is 0 Å². The molecule has 0 saturated heterocycles. The first-order valence-corrected chi connectivity index (χ1v) is 4.91. The second-order valence-corrected chi connectivity index (χ2v) is 3.29. The van der Waals surface area contributed by atoms with Crippen LogP contribution in [-0.4, -0.2) is 20.9 Å². The number of hydrogen-bond donors (Lipinski definition) is 1. The van der Waals surface area contributed by atoms with Gasteiger partial charge in [-0.3, -0.25) is 0 Å². The molecule has 1 aromatic carbocycles. The fourth-order valence-electron chi connectivity index (χ4n) is 1.42. The average molecular weight is 213 g/mol. The minimum Gasteiger partial charge on any atom is -0.411 e. The van der Waals surface area contributed by atoms with E-state index < -0.39 is 0 Å². The van der Waals surface area contributed by atoms with Gasteiger partial charge < -0.3 is 5.21 Å². The lowest BCUT2D eigenvalue weighted by Gasteiger charge is -2.03. The highest BCUT2D eigenvalue weighted by Gasteiger charge is 2.05. The van der Waals surface area contributed by atoms with Crippen molar-refractivity contribution in [2.24, 2.45) is 5.16 Å². The number of aromatic nitrogens is 2. The zero-order valence-electron chi connectivity index (χ0n) is 8.61. The van der Waals surface area contributed by atoms with Crippen LogP contribution in [0, 0.1) is 0 Å². The smallest absolute Gasteiger partial charge is 0.115 e. The third-order valence-corrected chi connectivity index (χ3v) is 2.22. The van der Waals surface area contributed by atoms with Crippen LogP contribution in [0.5, 0.6) is 0 Å². The summed E-state index contributed by atoms with van der Waals surface area (Å²) in [5.41, 5.74) is 2.31. The predicted octanol–water partition coefficient (Wildman–Crippen LogP) is 1.90. The maximum atomic E-state index is 8.99. The van der Waals surface area contributed by atoms with Gasteiger partial charge in [0.25, 0.3) is 0 Å². The van der Waals surface area contributed by atoms with Crippen molar-refractivity contribution in [3.05, 3.63) is 60.2 Å². The SMILES string of the molecule is O/N=C(\Cc1ccncn1)c1ccccc1. The van der Waals surface area contributed by atoms with Gasteiger partial charge in [-0.2, -0.15) is 0 Å². The quantitative estimate of drug-likeness (QED) is 0.481. The molecule has 0 aliphatic heterocycles. The Labute approximate surface area is 93.3 Å². The van der Waals surface area contributed by atoms with E-state index in [4.69, 9.17) is 5.21 Å². The molecule has 2 rings (SSSR count). The molecule has 0 saturated carbocycles.